The number of pyridine rings is 2. The molecule has 0 bridgehead atoms. The van der Waals surface area contributed by atoms with E-state index in [-0.39, 0.29) is 11.6 Å². The Morgan fingerprint density at radius 1 is 1.40 bits per heavy atom. The number of rotatable bonds is 5. The van der Waals surface area contributed by atoms with E-state index in [0.29, 0.717) is 44.3 Å². The van der Waals surface area contributed by atoms with Gasteiger partial charge in [-0.15, -0.1) is 0 Å². The Bertz CT molecular complexity index is 805. The molecular weight excluding hydrogens is 324 g/mol. The van der Waals surface area contributed by atoms with E-state index < -0.39 is 0 Å². The largest absolute Gasteiger partial charge is 0.474 e. The van der Waals surface area contributed by atoms with Crippen molar-refractivity contribution in [2.45, 2.75) is 13.0 Å². The van der Waals surface area contributed by atoms with Crippen LogP contribution in [0.5, 0.6) is 5.88 Å². The van der Waals surface area contributed by atoms with Crippen molar-refractivity contribution in [1.29, 1.82) is 0 Å². The highest BCUT2D eigenvalue weighted by atomic mass is 16.5. The van der Waals surface area contributed by atoms with Crippen LogP contribution in [0.25, 0.3) is 0 Å². The normalized spacial score (nSPS) is 13.2. The number of H-pyrrole nitrogens is 1. The first-order valence-corrected chi connectivity index (χ1v) is 8.01. The molecule has 2 amide bonds. The molecular formula is C17H20N4O4. The molecule has 1 aliphatic rings. The van der Waals surface area contributed by atoms with Gasteiger partial charge in [-0.1, -0.05) is 0 Å². The summed E-state index contributed by atoms with van der Waals surface area (Å²) in [6.07, 6.45) is 3.73. The predicted octanol–water partition coefficient (Wildman–Crippen LogP) is 1.39. The van der Waals surface area contributed by atoms with Gasteiger partial charge in [-0.2, -0.15) is 0 Å². The van der Waals surface area contributed by atoms with Crippen LogP contribution in [0.3, 0.4) is 0 Å². The lowest BCUT2D eigenvalue weighted by Crippen LogP contribution is -2.40. The van der Waals surface area contributed by atoms with Gasteiger partial charge in [-0.05, 0) is 30.2 Å². The van der Waals surface area contributed by atoms with Crippen LogP contribution >= 0.6 is 0 Å². The summed E-state index contributed by atoms with van der Waals surface area (Å²) in [5.74, 6) is 0.349. The molecule has 8 heteroatoms. The highest BCUT2D eigenvalue weighted by Crippen LogP contribution is 2.22. The topological polar surface area (TPSA) is 96.6 Å². The molecule has 2 aromatic rings. The number of nitrogens with one attached hydrogen (secondary N) is 2. The van der Waals surface area contributed by atoms with Gasteiger partial charge in [0.15, 0.2) is 0 Å². The lowest BCUT2D eigenvalue weighted by atomic mass is 10.0. The van der Waals surface area contributed by atoms with Crippen molar-refractivity contribution >= 4 is 11.7 Å². The minimum absolute atomic E-state index is 0.0846. The van der Waals surface area contributed by atoms with Gasteiger partial charge in [0.25, 0.3) is 5.56 Å². The van der Waals surface area contributed by atoms with Gasteiger partial charge in [0, 0.05) is 38.2 Å². The third kappa shape index (κ3) is 3.97. The zero-order valence-corrected chi connectivity index (χ0v) is 13.9. The molecule has 3 heterocycles. The highest BCUT2D eigenvalue weighted by molar-refractivity contribution is 5.90. The number of amides is 2. The Morgan fingerprint density at radius 2 is 2.28 bits per heavy atom. The summed E-state index contributed by atoms with van der Waals surface area (Å²) in [5, 5.41) is 2.83. The van der Waals surface area contributed by atoms with Crippen LogP contribution in [0.4, 0.5) is 10.5 Å². The molecule has 3 rings (SSSR count). The van der Waals surface area contributed by atoms with Crippen molar-refractivity contribution in [2.75, 3.05) is 32.2 Å². The fourth-order valence-corrected chi connectivity index (χ4v) is 2.70. The molecule has 132 valence electrons. The standard InChI is InChI=1S/C17H20N4O4/c1-24-9-10-25-16-14(3-2-6-19-16)20-17(23)21-8-5-13-12(11-21)4-7-18-15(13)22/h2-4,6-7H,5,8-11H2,1H3,(H,18,22)(H,20,23). The van der Waals surface area contributed by atoms with E-state index in [1.54, 1.807) is 36.5 Å². The monoisotopic (exact) mass is 344 g/mol. The average molecular weight is 344 g/mol. The second kappa shape index (κ2) is 7.80. The molecule has 0 unspecified atom stereocenters. The number of fused-ring (bicyclic) bond motifs is 1. The highest BCUT2D eigenvalue weighted by Gasteiger charge is 2.23. The molecule has 0 aromatic carbocycles. The summed E-state index contributed by atoms with van der Waals surface area (Å²) < 4.78 is 10.5. The molecule has 0 saturated heterocycles. The van der Waals surface area contributed by atoms with Crippen molar-refractivity contribution in [3.63, 3.8) is 0 Å². The molecule has 0 aliphatic carbocycles. The summed E-state index contributed by atoms with van der Waals surface area (Å²) in [6, 6.07) is 5.04. The summed E-state index contributed by atoms with van der Waals surface area (Å²) in [7, 11) is 1.59. The zero-order chi connectivity index (χ0) is 17.6. The maximum atomic E-state index is 12.6. The molecule has 2 aromatic heterocycles. The van der Waals surface area contributed by atoms with E-state index in [1.807, 2.05) is 6.07 Å². The molecule has 0 radical (unpaired) electrons. The fourth-order valence-electron chi connectivity index (χ4n) is 2.70. The van der Waals surface area contributed by atoms with Crippen molar-refractivity contribution in [3.8, 4) is 5.88 Å². The summed E-state index contributed by atoms with van der Waals surface area (Å²) in [4.78, 5) is 32.8. The van der Waals surface area contributed by atoms with Crippen LogP contribution < -0.4 is 15.6 Å². The third-order valence-corrected chi connectivity index (χ3v) is 3.98. The Balaban J connectivity index is 1.68. The summed E-state index contributed by atoms with van der Waals surface area (Å²) >= 11 is 0. The van der Waals surface area contributed by atoms with Crippen molar-refractivity contribution in [2.24, 2.45) is 0 Å². The SMILES string of the molecule is COCCOc1ncccc1NC(=O)N1CCc2c(cc[nH]c2=O)C1. The number of hydrogen-bond donors (Lipinski definition) is 2. The van der Waals surface area contributed by atoms with Gasteiger partial charge in [0.05, 0.1) is 6.61 Å². The quantitative estimate of drug-likeness (QED) is 0.799. The maximum Gasteiger partial charge on any atom is 0.322 e. The lowest BCUT2D eigenvalue weighted by molar-refractivity contribution is 0.144. The number of urea groups is 1. The molecule has 8 nitrogen and oxygen atoms in total. The fraction of sp³-hybridized carbons (Fsp3) is 0.353. The Labute approximate surface area is 144 Å². The zero-order valence-electron chi connectivity index (χ0n) is 13.9. The number of anilines is 1. The van der Waals surface area contributed by atoms with E-state index in [9.17, 15) is 9.59 Å². The third-order valence-electron chi connectivity index (χ3n) is 3.98. The second-order valence-corrected chi connectivity index (χ2v) is 5.61. The molecule has 25 heavy (non-hydrogen) atoms. The van der Waals surface area contributed by atoms with Gasteiger partial charge in [-0.25, -0.2) is 9.78 Å². The van der Waals surface area contributed by atoms with Gasteiger partial charge in [0.2, 0.25) is 5.88 Å². The first kappa shape index (κ1) is 17.0. The Morgan fingerprint density at radius 3 is 3.12 bits per heavy atom. The molecule has 0 fully saturated rings. The van der Waals surface area contributed by atoms with Crippen LogP contribution in [0.1, 0.15) is 11.1 Å². The van der Waals surface area contributed by atoms with Crippen LogP contribution in [-0.2, 0) is 17.7 Å². The number of methoxy groups -OCH3 is 1. The van der Waals surface area contributed by atoms with Crippen LogP contribution in [0.2, 0.25) is 0 Å². The van der Waals surface area contributed by atoms with Crippen molar-refractivity contribution < 1.29 is 14.3 Å². The predicted molar refractivity (Wildman–Crippen MR) is 91.8 cm³/mol. The molecule has 2 N–H and O–H groups in total. The first-order valence-electron chi connectivity index (χ1n) is 8.01. The van der Waals surface area contributed by atoms with E-state index >= 15 is 0 Å². The van der Waals surface area contributed by atoms with E-state index in [4.69, 9.17) is 9.47 Å². The number of hydrogen-bond acceptors (Lipinski definition) is 5. The number of nitrogens with zero attached hydrogens (tertiary/aromatic N) is 2. The smallest absolute Gasteiger partial charge is 0.322 e. The summed E-state index contributed by atoms with van der Waals surface area (Å²) in [5.41, 5.74) is 2.03. The number of carbonyl (C=O) groups excluding carboxylic acids is 1. The average Bonchev–Trinajstić information content (AvgIpc) is 2.63. The summed E-state index contributed by atoms with van der Waals surface area (Å²) in [6.45, 7) is 1.65. The minimum atomic E-state index is -0.254. The molecule has 0 saturated carbocycles. The maximum absolute atomic E-state index is 12.6. The van der Waals surface area contributed by atoms with Gasteiger partial charge in [0.1, 0.15) is 12.3 Å². The van der Waals surface area contributed by atoms with Gasteiger partial charge >= 0.3 is 6.03 Å². The number of aromatic nitrogens is 2. The lowest BCUT2D eigenvalue weighted by Gasteiger charge is -2.28. The van der Waals surface area contributed by atoms with Gasteiger partial charge < -0.3 is 24.7 Å². The van der Waals surface area contributed by atoms with E-state index in [0.717, 1.165) is 11.1 Å². The number of ether oxygens (including phenoxy) is 2. The Kier molecular flexibility index (Phi) is 5.30. The first-order chi connectivity index (χ1) is 12.2. The molecule has 1 aliphatic heterocycles. The molecule has 0 spiro atoms. The van der Waals surface area contributed by atoms with Crippen LogP contribution in [0.15, 0.2) is 35.4 Å². The van der Waals surface area contributed by atoms with Crippen LogP contribution in [0, 0.1) is 0 Å². The van der Waals surface area contributed by atoms with E-state index in [2.05, 4.69) is 15.3 Å². The Hall–Kier alpha value is -2.87. The number of aromatic amines is 1. The van der Waals surface area contributed by atoms with Crippen LogP contribution in [-0.4, -0.2) is 47.8 Å². The van der Waals surface area contributed by atoms with Gasteiger partial charge in [-0.3, -0.25) is 4.79 Å². The molecule has 0 atom stereocenters. The second-order valence-electron chi connectivity index (χ2n) is 5.61. The minimum Gasteiger partial charge on any atom is -0.474 e. The van der Waals surface area contributed by atoms with Crippen molar-refractivity contribution in [3.05, 3.63) is 52.1 Å². The van der Waals surface area contributed by atoms with Crippen molar-refractivity contribution in [1.82, 2.24) is 14.9 Å². The number of carbonyl (C=O) groups is 1. The van der Waals surface area contributed by atoms with E-state index in [1.165, 1.54) is 0 Å².